The van der Waals surface area contributed by atoms with Gasteiger partial charge in [0.1, 0.15) is 0 Å². The molecule has 2 rings (SSSR count). The molecule has 0 spiro atoms. The van der Waals surface area contributed by atoms with Gasteiger partial charge in [0.15, 0.2) is 5.78 Å². The Kier molecular flexibility index (Phi) is 5.42. The van der Waals surface area contributed by atoms with Crippen LogP contribution in [0.3, 0.4) is 0 Å². The summed E-state index contributed by atoms with van der Waals surface area (Å²) in [6, 6.07) is 7.65. The molecule has 1 aliphatic heterocycles. The monoisotopic (exact) mass is 377 g/mol. The summed E-state index contributed by atoms with van der Waals surface area (Å²) >= 11 is 3.41. The molecule has 0 aliphatic carbocycles. The van der Waals surface area contributed by atoms with E-state index in [1.165, 1.54) is 6.92 Å². The molecule has 0 fully saturated rings. The van der Waals surface area contributed by atoms with E-state index in [0.717, 1.165) is 21.4 Å². The van der Waals surface area contributed by atoms with Crippen molar-refractivity contribution < 1.29 is 14.3 Å². The quantitative estimate of drug-likeness (QED) is 0.809. The molecule has 1 aromatic rings. The lowest BCUT2D eigenvalue weighted by Gasteiger charge is -2.30. The van der Waals surface area contributed by atoms with Gasteiger partial charge in [-0.3, -0.25) is 4.79 Å². The number of hydrogen-bond acceptors (Lipinski definition) is 4. The molecule has 1 atom stereocenters. The number of nitrogens with one attached hydrogen (secondary N) is 1. The van der Waals surface area contributed by atoms with Crippen molar-refractivity contribution in [3.63, 3.8) is 0 Å². The minimum atomic E-state index is -0.416. The van der Waals surface area contributed by atoms with Crippen molar-refractivity contribution >= 4 is 27.7 Å². The summed E-state index contributed by atoms with van der Waals surface area (Å²) in [6.45, 7) is 7.27. The fraction of sp³-hybridized carbons (Fsp3) is 0.333. The van der Waals surface area contributed by atoms with Crippen LogP contribution in [0.25, 0.3) is 0 Å². The van der Waals surface area contributed by atoms with Gasteiger partial charge < -0.3 is 10.1 Å². The van der Waals surface area contributed by atoms with E-state index < -0.39 is 11.9 Å². The number of dihydropyridines is 1. The number of hydrogen-bond donors (Lipinski definition) is 1. The Morgan fingerprint density at radius 3 is 2.22 bits per heavy atom. The highest BCUT2D eigenvalue weighted by Crippen LogP contribution is 2.39. The first-order valence-corrected chi connectivity index (χ1v) is 8.28. The second-order valence-electron chi connectivity index (χ2n) is 5.46. The van der Waals surface area contributed by atoms with E-state index in [1.807, 2.05) is 38.1 Å². The van der Waals surface area contributed by atoms with Gasteiger partial charge in [-0.2, -0.15) is 0 Å². The van der Waals surface area contributed by atoms with Gasteiger partial charge in [-0.15, -0.1) is 0 Å². The first kappa shape index (κ1) is 17.5. The average Bonchev–Trinajstić information content (AvgIpc) is 2.46. The Morgan fingerprint density at radius 1 is 1.13 bits per heavy atom. The number of halogens is 1. The lowest BCUT2D eigenvalue weighted by atomic mass is 9.79. The molecule has 23 heavy (non-hydrogen) atoms. The first-order valence-electron chi connectivity index (χ1n) is 7.48. The second kappa shape index (κ2) is 7.13. The van der Waals surface area contributed by atoms with Crippen LogP contribution >= 0.6 is 15.9 Å². The smallest absolute Gasteiger partial charge is 0.336 e. The summed E-state index contributed by atoms with van der Waals surface area (Å²) in [7, 11) is 0. The molecule has 0 aromatic heterocycles. The predicted molar refractivity (Wildman–Crippen MR) is 92.7 cm³/mol. The molecule has 1 unspecified atom stereocenters. The molecule has 0 saturated heterocycles. The molecule has 0 amide bonds. The lowest BCUT2D eigenvalue weighted by Crippen LogP contribution is -2.31. The molecule has 0 saturated carbocycles. The third-order valence-corrected chi connectivity index (χ3v) is 4.37. The van der Waals surface area contributed by atoms with Gasteiger partial charge in [0.2, 0.25) is 0 Å². The molecular weight excluding hydrogens is 358 g/mol. The van der Waals surface area contributed by atoms with Crippen LogP contribution in [0, 0.1) is 0 Å². The van der Waals surface area contributed by atoms with Crippen LogP contribution in [0.2, 0.25) is 0 Å². The zero-order valence-corrected chi connectivity index (χ0v) is 15.3. The van der Waals surface area contributed by atoms with E-state index in [1.54, 1.807) is 6.92 Å². The summed E-state index contributed by atoms with van der Waals surface area (Å²) < 4.78 is 6.15. The van der Waals surface area contributed by atoms with Crippen LogP contribution in [-0.2, 0) is 14.3 Å². The SMILES string of the molecule is CCOC(=O)C1=C(C)NC(C)=C(C(C)=O)C1c1ccc(Br)cc1. The van der Waals surface area contributed by atoms with Crippen molar-refractivity contribution in [1.29, 1.82) is 0 Å². The number of Topliss-reactive ketones (excluding diaryl/α,β-unsaturated/α-hetero) is 1. The minimum absolute atomic E-state index is 0.0581. The maximum Gasteiger partial charge on any atom is 0.336 e. The largest absolute Gasteiger partial charge is 0.463 e. The van der Waals surface area contributed by atoms with Crippen LogP contribution in [0.5, 0.6) is 0 Å². The highest BCUT2D eigenvalue weighted by Gasteiger charge is 2.35. The third-order valence-electron chi connectivity index (χ3n) is 3.84. The number of carbonyl (C=O) groups is 2. The Labute approximate surface area is 144 Å². The van der Waals surface area contributed by atoms with Gasteiger partial charge in [0.25, 0.3) is 0 Å². The van der Waals surface area contributed by atoms with Gasteiger partial charge in [0, 0.05) is 27.4 Å². The van der Waals surface area contributed by atoms with Crippen LogP contribution in [0.4, 0.5) is 0 Å². The van der Waals surface area contributed by atoms with Crippen molar-refractivity contribution in [3.05, 3.63) is 56.8 Å². The number of allylic oxidation sites excluding steroid dienone is 3. The van der Waals surface area contributed by atoms with E-state index in [-0.39, 0.29) is 5.78 Å². The lowest BCUT2D eigenvalue weighted by molar-refractivity contribution is -0.138. The van der Waals surface area contributed by atoms with Gasteiger partial charge in [-0.05, 0) is 45.4 Å². The number of ether oxygens (including phenoxy) is 1. The molecule has 1 N–H and O–H groups in total. The van der Waals surface area contributed by atoms with E-state index in [2.05, 4.69) is 21.2 Å². The Bertz CT molecular complexity index is 701. The Morgan fingerprint density at radius 2 is 1.70 bits per heavy atom. The average molecular weight is 378 g/mol. The normalized spacial score (nSPS) is 17.9. The van der Waals surface area contributed by atoms with Crippen LogP contribution < -0.4 is 5.32 Å². The van der Waals surface area contributed by atoms with E-state index in [9.17, 15) is 9.59 Å². The topological polar surface area (TPSA) is 55.4 Å². The van der Waals surface area contributed by atoms with Crippen LogP contribution in [0.15, 0.2) is 51.3 Å². The standard InChI is InChI=1S/C18H20BrNO3/c1-5-23-18(22)16-11(3)20-10(2)15(12(4)21)17(16)13-6-8-14(19)9-7-13/h6-9,17,20H,5H2,1-4H3. The fourth-order valence-corrected chi connectivity index (χ4v) is 3.19. The molecule has 1 aromatic carbocycles. The number of esters is 1. The Balaban J connectivity index is 2.63. The van der Waals surface area contributed by atoms with Crippen molar-refractivity contribution in [3.8, 4) is 0 Å². The summed E-state index contributed by atoms with van der Waals surface area (Å²) in [4.78, 5) is 24.7. The highest BCUT2D eigenvalue weighted by atomic mass is 79.9. The zero-order chi connectivity index (χ0) is 17.1. The first-order chi connectivity index (χ1) is 10.9. The number of carbonyl (C=O) groups excluding carboxylic acids is 2. The Hall–Kier alpha value is -1.88. The number of rotatable bonds is 4. The van der Waals surface area contributed by atoms with Crippen molar-refractivity contribution in [2.45, 2.75) is 33.6 Å². The van der Waals surface area contributed by atoms with E-state index in [0.29, 0.717) is 17.8 Å². The molecular formula is C18H20BrNO3. The summed E-state index contributed by atoms with van der Waals surface area (Å²) in [5.41, 5.74) is 3.47. The third kappa shape index (κ3) is 3.55. The number of benzene rings is 1. The van der Waals surface area contributed by atoms with E-state index in [4.69, 9.17) is 4.74 Å². The van der Waals surface area contributed by atoms with E-state index >= 15 is 0 Å². The van der Waals surface area contributed by atoms with Gasteiger partial charge >= 0.3 is 5.97 Å². The maximum atomic E-state index is 12.5. The van der Waals surface area contributed by atoms with Gasteiger partial charge in [-0.25, -0.2) is 4.79 Å². The minimum Gasteiger partial charge on any atom is -0.463 e. The molecule has 1 aliphatic rings. The molecule has 0 radical (unpaired) electrons. The van der Waals surface area contributed by atoms with Gasteiger partial charge in [-0.1, -0.05) is 28.1 Å². The summed E-state index contributed by atoms with van der Waals surface area (Å²) in [6.07, 6.45) is 0. The maximum absolute atomic E-state index is 12.5. The van der Waals surface area contributed by atoms with Crippen LogP contribution in [-0.4, -0.2) is 18.4 Å². The zero-order valence-electron chi connectivity index (χ0n) is 13.7. The molecule has 4 nitrogen and oxygen atoms in total. The number of ketones is 1. The fourth-order valence-electron chi connectivity index (χ4n) is 2.93. The van der Waals surface area contributed by atoms with Gasteiger partial charge in [0.05, 0.1) is 12.2 Å². The molecule has 1 heterocycles. The highest BCUT2D eigenvalue weighted by molar-refractivity contribution is 9.10. The summed E-state index contributed by atoms with van der Waals surface area (Å²) in [5, 5.41) is 3.14. The molecule has 5 heteroatoms. The van der Waals surface area contributed by atoms with Crippen LogP contribution in [0.1, 0.15) is 39.2 Å². The van der Waals surface area contributed by atoms with Crippen molar-refractivity contribution in [2.24, 2.45) is 0 Å². The second-order valence-corrected chi connectivity index (χ2v) is 6.38. The van der Waals surface area contributed by atoms with Crippen molar-refractivity contribution in [2.75, 3.05) is 6.61 Å². The van der Waals surface area contributed by atoms with Crippen molar-refractivity contribution in [1.82, 2.24) is 5.32 Å². The molecule has 0 bridgehead atoms. The predicted octanol–water partition coefficient (Wildman–Crippen LogP) is 3.84. The summed E-state index contributed by atoms with van der Waals surface area (Å²) in [5.74, 6) is -0.866. The molecule has 122 valence electrons.